The summed E-state index contributed by atoms with van der Waals surface area (Å²) in [5, 5.41) is 11.0. The first-order chi connectivity index (χ1) is 17.0. The highest BCUT2D eigenvalue weighted by Gasteiger charge is 2.51. The molecule has 1 aliphatic heterocycles. The first-order valence-corrected chi connectivity index (χ1v) is 12.7. The third-order valence-corrected chi connectivity index (χ3v) is 8.54. The Bertz CT molecular complexity index is 1430. The number of rotatable bonds is 5. The summed E-state index contributed by atoms with van der Waals surface area (Å²) in [7, 11) is -3.80. The number of H-pyrrole nitrogens is 1. The van der Waals surface area contributed by atoms with Crippen molar-refractivity contribution in [1.29, 1.82) is 0 Å². The molecular weight excluding hydrogens is 495 g/mol. The summed E-state index contributed by atoms with van der Waals surface area (Å²) >= 11 is 0. The van der Waals surface area contributed by atoms with Gasteiger partial charge in [0.1, 0.15) is 11.2 Å². The van der Waals surface area contributed by atoms with Crippen LogP contribution in [0.4, 0.5) is 18.9 Å². The largest absolute Gasteiger partial charge is 0.471 e. The van der Waals surface area contributed by atoms with Gasteiger partial charge in [0, 0.05) is 36.5 Å². The molecule has 1 fully saturated rings. The normalized spacial score (nSPS) is 19.5. The van der Waals surface area contributed by atoms with Gasteiger partial charge in [0.2, 0.25) is 10.0 Å². The van der Waals surface area contributed by atoms with Crippen molar-refractivity contribution in [3.05, 3.63) is 84.4 Å². The summed E-state index contributed by atoms with van der Waals surface area (Å²) in [4.78, 5) is 5.37. The van der Waals surface area contributed by atoms with E-state index in [4.69, 9.17) is 4.42 Å². The molecule has 190 valence electrons. The number of aromatic nitrogens is 1. The van der Waals surface area contributed by atoms with Crippen molar-refractivity contribution in [2.24, 2.45) is 0 Å². The second-order valence-electron chi connectivity index (χ2n) is 8.96. The summed E-state index contributed by atoms with van der Waals surface area (Å²) in [6, 6.07) is 16.1. The van der Waals surface area contributed by atoms with Gasteiger partial charge in [-0.05, 0) is 48.2 Å². The predicted molar refractivity (Wildman–Crippen MR) is 128 cm³/mol. The Morgan fingerprint density at radius 3 is 2.42 bits per heavy atom. The zero-order valence-corrected chi connectivity index (χ0v) is 20.1. The smallest absolute Gasteiger partial charge is 0.421 e. The van der Waals surface area contributed by atoms with E-state index in [1.54, 1.807) is 0 Å². The summed E-state index contributed by atoms with van der Waals surface area (Å²) in [6.07, 6.45) is -2.34. The Labute approximate surface area is 205 Å². The number of piperazine rings is 1. The number of nitrogens with one attached hydrogen (secondary N) is 1. The number of sulfonamides is 1. The topological polar surface area (TPSA) is 89.8 Å². The van der Waals surface area contributed by atoms with Crippen LogP contribution in [0.25, 0.3) is 10.9 Å². The highest BCUT2D eigenvalue weighted by molar-refractivity contribution is 7.89. The molecule has 2 aromatic carbocycles. The number of fused-ring (bicyclic) bond motifs is 1. The van der Waals surface area contributed by atoms with E-state index in [-0.39, 0.29) is 23.5 Å². The van der Waals surface area contributed by atoms with Crippen LogP contribution in [0.1, 0.15) is 24.2 Å². The molecule has 1 saturated heterocycles. The molecule has 7 nitrogen and oxygen atoms in total. The monoisotopic (exact) mass is 519 g/mol. The van der Waals surface area contributed by atoms with Gasteiger partial charge >= 0.3 is 6.18 Å². The van der Waals surface area contributed by atoms with Crippen LogP contribution in [0.2, 0.25) is 0 Å². The molecule has 3 heterocycles. The minimum Gasteiger partial charge on any atom is -0.471 e. The zero-order chi connectivity index (χ0) is 25.7. The van der Waals surface area contributed by atoms with Crippen molar-refractivity contribution in [2.45, 2.75) is 29.6 Å². The van der Waals surface area contributed by atoms with Crippen molar-refractivity contribution in [2.75, 3.05) is 24.5 Å². The SMILES string of the molecule is CC(O)(c1ccc(N2CCN(S(=O)(=O)c3ccoc3)C[C@H]2c2cc3ccccc3[nH]2)cc1)C(F)(F)F. The van der Waals surface area contributed by atoms with Crippen molar-refractivity contribution >= 4 is 26.6 Å². The van der Waals surface area contributed by atoms with Gasteiger partial charge in [-0.2, -0.15) is 17.5 Å². The van der Waals surface area contributed by atoms with Crippen LogP contribution in [-0.4, -0.2) is 48.6 Å². The minimum atomic E-state index is -4.82. The van der Waals surface area contributed by atoms with Crippen LogP contribution < -0.4 is 4.90 Å². The molecule has 1 aliphatic rings. The van der Waals surface area contributed by atoms with E-state index in [0.717, 1.165) is 23.5 Å². The first-order valence-electron chi connectivity index (χ1n) is 11.2. The van der Waals surface area contributed by atoms with E-state index >= 15 is 0 Å². The maximum absolute atomic E-state index is 13.3. The number of nitrogens with zero attached hydrogens (tertiary/aromatic N) is 2. The van der Waals surface area contributed by atoms with Crippen molar-refractivity contribution < 1.29 is 31.1 Å². The lowest BCUT2D eigenvalue weighted by Gasteiger charge is -2.42. The summed E-state index contributed by atoms with van der Waals surface area (Å²) in [5.74, 6) is 0. The number of aromatic amines is 1. The fourth-order valence-electron chi connectivity index (χ4n) is 4.52. The number of aliphatic hydroxyl groups is 1. The van der Waals surface area contributed by atoms with Gasteiger partial charge in [-0.15, -0.1) is 0 Å². The Morgan fingerprint density at radius 1 is 1.06 bits per heavy atom. The van der Waals surface area contributed by atoms with Crippen LogP contribution in [0.15, 0.2) is 82.5 Å². The van der Waals surface area contributed by atoms with Gasteiger partial charge in [-0.25, -0.2) is 8.42 Å². The van der Waals surface area contributed by atoms with Crippen LogP contribution in [0.3, 0.4) is 0 Å². The number of hydrogen-bond acceptors (Lipinski definition) is 5. The van der Waals surface area contributed by atoms with Gasteiger partial charge in [0.15, 0.2) is 5.60 Å². The van der Waals surface area contributed by atoms with E-state index in [1.807, 2.05) is 35.2 Å². The standard InChI is InChI=1S/C25H24F3N3O4S/c1-24(32,25(26,27)28)18-6-8-19(9-7-18)31-12-11-30(36(33,34)20-10-13-35-16-20)15-23(31)22-14-17-4-2-3-5-21(17)29-22/h2-10,13-14,16,23,29,32H,11-12,15H2,1H3/t23-,24?/m0/s1. The fraction of sp³-hybridized carbons (Fsp3) is 0.280. The van der Waals surface area contributed by atoms with Crippen molar-refractivity contribution in [3.8, 4) is 0 Å². The number of halogens is 3. The molecule has 2 aromatic heterocycles. The number of anilines is 1. The van der Waals surface area contributed by atoms with Crippen LogP contribution in [-0.2, 0) is 15.6 Å². The molecule has 0 saturated carbocycles. The lowest BCUT2D eigenvalue weighted by atomic mass is 9.95. The van der Waals surface area contributed by atoms with Crippen molar-refractivity contribution in [1.82, 2.24) is 9.29 Å². The minimum absolute atomic E-state index is 0.0603. The van der Waals surface area contributed by atoms with Gasteiger partial charge in [0.25, 0.3) is 0 Å². The molecule has 5 rings (SSSR count). The zero-order valence-electron chi connectivity index (χ0n) is 19.2. The second kappa shape index (κ2) is 8.68. The molecule has 36 heavy (non-hydrogen) atoms. The van der Waals surface area contributed by atoms with E-state index in [9.17, 15) is 26.7 Å². The third-order valence-electron chi connectivity index (χ3n) is 6.70. The molecule has 11 heteroatoms. The second-order valence-corrected chi connectivity index (χ2v) is 10.9. The number of furan rings is 1. The number of alkyl halides is 3. The average molecular weight is 520 g/mol. The van der Waals surface area contributed by atoms with E-state index in [1.165, 1.54) is 47.2 Å². The number of para-hydroxylation sites is 1. The first kappa shape index (κ1) is 24.4. The highest BCUT2D eigenvalue weighted by Crippen LogP contribution is 2.40. The van der Waals surface area contributed by atoms with E-state index < -0.39 is 27.8 Å². The highest BCUT2D eigenvalue weighted by atomic mass is 32.2. The maximum atomic E-state index is 13.3. The van der Waals surface area contributed by atoms with Crippen LogP contribution >= 0.6 is 0 Å². The molecule has 2 atom stereocenters. The predicted octanol–water partition coefficient (Wildman–Crippen LogP) is 4.78. The quantitative estimate of drug-likeness (QED) is 0.396. The Morgan fingerprint density at radius 2 is 1.78 bits per heavy atom. The van der Waals surface area contributed by atoms with Gasteiger partial charge in [0.05, 0.1) is 12.3 Å². The molecule has 4 aromatic rings. The Balaban J connectivity index is 1.51. The van der Waals surface area contributed by atoms with E-state index in [0.29, 0.717) is 12.2 Å². The molecular formula is C25H24F3N3O4S. The molecule has 0 aliphatic carbocycles. The fourth-order valence-corrected chi connectivity index (χ4v) is 5.88. The van der Waals surface area contributed by atoms with Crippen LogP contribution in [0, 0.1) is 0 Å². The maximum Gasteiger partial charge on any atom is 0.421 e. The summed E-state index contributed by atoms with van der Waals surface area (Å²) < 4.78 is 72.6. The molecule has 1 unspecified atom stereocenters. The van der Waals surface area contributed by atoms with Gasteiger partial charge in [-0.3, -0.25) is 0 Å². The Hall–Kier alpha value is -3.28. The molecule has 2 N–H and O–H groups in total. The third kappa shape index (κ3) is 4.16. The molecule has 0 bridgehead atoms. The molecule has 0 spiro atoms. The van der Waals surface area contributed by atoms with Gasteiger partial charge < -0.3 is 19.4 Å². The molecule has 0 amide bonds. The van der Waals surface area contributed by atoms with Crippen molar-refractivity contribution in [3.63, 3.8) is 0 Å². The number of hydrogen-bond donors (Lipinski definition) is 2. The summed E-state index contributed by atoms with van der Waals surface area (Å²) in [6.45, 7) is 1.30. The van der Waals surface area contributed by atoms with E-state index in [2.05, 4.69) is 4.98 Å². The summed E-state index contributed by atoms with van der Waals surface area (Å²) in [5.41, 5.74) is -0.990. The Kier molecular flexibility index (Phi) is 5.89. The van der Waals surface area contributed by atoms with Crippen LogP contribution in [0.5, 0.6) is 0 Å². The lowest BCUT2D eigenvalue weighted by molar-refractivity contribution is -0.258. The lowest BCUT2D eigenvalue weighted by Crippen LogP contribution is -2.50. The average Bonchev–Trinajstić information content (AvgIpc) is 3.54. The number of benzene rings is 2. The molecule has 0 radical (unpaired) electrons. The van der Waals surface area contributed by atoms with Gasteiger partial charge in [-0.1, -0.05) is 30.3 Å².